The normalized spacial score (nSPS) is 12.9. The summed E-state index contributed by atoms with van der Waals surface area (Å²) in [7, 11) is 0. The summed E-state index contributed by atoms with van der Waals surface area (Å²) >= 11 is 0. The molecule has 2 heterocycles. The standard InChI is InChI=1S/C17H20N6O2/c1-2-24-17-22-15(19-11-14-7-4-8-25-14)21-16(23-17)20-13-6-3-5-12(9-13)10-18/h3,5-7,9-10,18H,2,4,8,11H2,1H3,(H2,19,20,21,22,23). The third kappa shape index (κ3) is 4.66. The Balaban J connectivity index is 1.77. The van der Waals surface area contributed by atoms with Crippen LogP contribution >= 0.6 is 0 Å². The number of hydrogen-bond acceptors (Lipinski definition) is 8. The van der Waals surface area contributed by atoms with E-state index in [0.29, 0.717) is 31.7 Å². The van der Waals surface area contributed by atoms with Crippen molar-refractivity contribution in [2.75, 3.05) is 30.4 Å². The fourth-order valence-electron chi connectivity index (χ4n) is 2.28. The number of hydrogen-bond donors (Lipinski definition) is 3. The van der Waals surface area contributed by atoms with Crippen LogP contribution in [0.15, 0.2) is 36.1 Å². The Kier molecular flexibility index (Phi) is 5.40. The summed E-state index contributed by atoms with van der Waals surface area (Å²) in [5, 5.41) is 13.6. The smallest absolute Gasteiger partial charge is 0.323 e. The van der Waals surface area contributed by atoms with Crippen LogP contribution in [0.5, 0.6) is 6.01 Å². The van der Waals surface area contributed by atoms with Crippen LogP contribution in [0.2, 0.25) is 0 Å². The summed E-state index contributed by atoms with van der Waals surface area (Å²) in [5.74, 6) is 1.65. The highest BCUT2D eigenvalue weighted by Gasteiger charge is 2.10. The van der Waals surface area contributed by atoms with Gasteiger partial charge in [0, 0.05) is 18.3 Å². The number of rotatable bonds is 8. The molecule has 130 valence electrons. The van der Waals surface area contributed by atoms with Gasteiger partial charge in [-0.1, -0.05) is 12.1 Å². The Labute approximate surface area is 145 Å². The maximum absolute atomic E-state index is 7.34. The zero-order valence-corrected chi connectivity index (χ0v) is 14.0. The minimum Gasteiger partial charge on any atom is -0.496 e. The predicted octanol–water partition coefficient (Wildman–Crippen LogP) is 2.73. The van der Waals surface area contributed by atoms with Gasteiger partial charge in [-0.25, -0.2) is 0 Å². The van der Waals surface area contributed by atoms with Gasteiger partial charge in [0.1, 0.15) is 5.76 Å². The molecule has 0 unspecified atom stereocenters. The Morgan fingerprint density at radius 2 is 2.16 bits per heavy atom. The molecule has 0 amide bonds. The fourth-order valence-corrected chi connectivity index (χ4v) is 2.28. The van der Waals surface area contributed by atoms with Crippen LogP contribution in [-0.2, 0) is 4.74 Å². The monoisotopic (exact) mass is 340 g/mol. The highest BCUT2D eigenvalue weighted by molar-refractivity contribution is 5.79. The molecule has 2 aromatic rings. The van der Waals surface area contributed by atoms with Gasteiger partial charge in [-0.2, -0.15) is 15.0 Å². The van der Waals surface area contributed by atoms with E-state index in [1.807, 2.05) is 37.3 Å². The lowest BCUT2D eigenvalue weighted by Crippen LogP contribution is -2.11. The van der Waals surface area contributed by atoms with E-state index in [9.17, 15) is 0 Å². The minimum absolute atomic E-state index is 0.243. The summed E-state index contributed by atoms with van der Waals surface area (Å²) in [6.07, 6.45) is 4.25. The summed E-state index contributed by atoms with van der Waals surface area (Å²) < 4.78 is 10.9. The van der Waals surface area contributed by atoms with Gasteiger partial charge in [0.15, 0.2) is 0 Å². The highest BCUT2D eigenvalue weighted by Crippen LogP contribution is 2.18. The van der Waals surface area contributed by atoms with E-state index in [-0.39, 0.29) is 6.01 Å². The molecule has 0 bridgehead atoms. The number of aromatic nitrogens is 3. The van der Waals surface area contributed by atoms with Crippen molar-refractivity contribution in [3.63, 3.8) is 0 Å². The average molecular weight is 340 g/mol. The Morgan fingerprint density at radius 3 is 2.92 bits per heavy atom. The number of benzene rings is 1. The van der Waals surface area contributed by atoms with Crippen molar-refractivity contribution in [2.24, 2.45) is 0 Å². The van der Waals surface area contributed by atoms with E-state index in [1.54, 1.807) is 0 Å². The van der Waals surface area contributed by atoms with E-state index in [1.165, 1.54) is 6.21 Å². The molecule has 1 aromatic carbocycles. The topological polar surface area (TPSA) is 105 Å². The third-order valence-electron chi connectivity index (χ3n) is 3.40. The summed E-state index contributed by atoms with van der Waals surface area (Å²) in [6, 6.07) is 7.66. The van der Waals surface area contributed by atoms with Crippen molar-refractivity contribution in [1.82, 2.24) is 15.0 Å². The molecule has 0 saturated heterocycles. The first-order valence-electron chi connectivity index (χ1n) is 8.09. The lowest BCUT2D eigenvalue weighted by Gasteiger charge is -2.11. The molecule has 0 spiro atoms. The molecular weight excluding hydrogens is 320 g/mol. The molecule has 1 aliphatic rings. The van der Waals surface area contributed by atoms with E-state index >= 15 is 0 Å². The Morgan fingerprint density at radius 1 is 1.28 bits per heavy atom. The SMILES string of the molecule is CCOc1nc(NCC2=CCCO2)nc(Nc2cccc(C=N)c2)n1. The van der Waals surface area contributed by atoms with Crippen molar-refractivity contribution >= 4 is 23.8 Å². The van der Waals surface area contributed by atoms with Gasteiger partial charge in [0.2, 0.25) is 11.9 Å². The summed E-state index contributed by atoms with van der Waals surface area (Å²) in [4.78, 5) is 12.9. The molecule has 3 rings (SSSR count). The van der Waals surface area contributed by atoms with Crippen molar-refractivity contribution in [1.29, 1.82) is 5.41 Å². The molecule has 0 fully saturated rings. The van der Waals surface area contributed by atoms with Crippen molar-refractivity contribution in [3.8, 4) is 6.01 Å². The van der Waals surface area contributed by atoms with Crippen LogP contribution in [0.25, 0.3) is 0 Å². The molecule has 1 aromatic heterocycles. The van der Waals surface area contributed by atoms with Crippen molar-refractivity contribution in [2.45, 2.75) is 13.3 Å². The molecule has 8 nitrogen and oxygen atoms in total. The molecule has 3 N–H and O–H groups in total. The molecular formula is C17H20N6O2. The van der Waals surface area contributed by atoms with Crippen LogP contribution < -0.4 is 15.4 Å². The molecule has 8 heteroatoms. The van der Waals surface area contributed by atoms with E-state index in [4.69, 9.17) is 14.9 Å². The van der Waals surface area contributed by atoms with Gasteiger partial charge < -0.3 is 25.5 Å². The quantitative estimate of drug-likeness (QED) is 0.635. The zero-order valence-electron chi connectivity index (χ0n) is 14.0. The van der Waals surface area contributed by atoms with Gasteiger partial charge in [0.25, 0.3) is 0 Å². The average Bonchev–Trinajstić information content (AvgIpc) is 3.14. The predicted molar refractivity (Wildman–Crippen MR) is 95.7 cm³/mol. The van der Waals surface area contributed by atoms with Crippen LogP contribution in [0, 0.1) is 5.41 Å². The van der Waals surface area contributed by atoms with Crippen LogP contribution in [0.3, 0.4) is 0 Å². The van der Waals surface area contributed by atoms with Crippen LogP contribution in [0.4, 0.5) is 17.6 Å². The maximum Gasteiger partial charge on any atom is 0.323 e. The number of nitrogens with one attached hydrogen (secondary N) is 3. The third-order valence-corrected chi connectivity index (χ3v) is 3.40. The van der Waals surface area contributed by atoms with E-state index in [0.717, 1.165) is 23.4 Å². The zero-order chi connectivity index (χ0) is 17.5. The number of nitrogens with zero attached hydrogens (tertiary/aromatic N) is 3. The van der Waals surface area contributed by atoms with E-state index in [2.05, 4.69) is 25.6 Å². The summed E-state index contributed by atoms with van der Waals surface area (Å²) in [5.41, 5.74) is 1.56. The molecule has 0 saturated carbocycles. The molecule has 25 heavy (non-hydrogen) atoms. The van der Waals surface area contributed by atoms with Gasteiger partial charge in [-0.15, -0.1) is 0 Å². The van der Waals surface area contributed by atoms with Crippen molar-refractivity contribution in [3.05, 3.63) is 41.7 Å². The first kappa shape index (κ1) is 16.7. The number of anilines is 3. The Bertz CT molecular complexity index is 777. The Hall–Kier alpha value is -3.16. The van der Waals surface area contributed by atoms with E-state index < -0.39 is 0 Å². The summed E-state index contributed by atoms with van der Waals surface area (Å²) in [6.45, 7) is 3.56. The van der Waals surface area contributed by atoms with Crippen molar-refractivity contribution < 1.29 is 9.47 Å². The first-order chi connectivity index (χ1) is 12.3. The molecule has 1 aliphatic heterocycles. The van der Waals surface area contributed by atoms with Crippen LogP contribution in [0.1, 0.15) is 18.9 Å². The minimum atomic E-state index is 0.243. The second kappa shape index (κ2) is 8.09. The lowest BCUT2D eigenvalue weighted by molar-refractivity contribution is 0.243. The molecule has 0 aliphatic carbocycles. The lowest BCUT2D eigenvalue weighted by atomic mass is 10.2. The largest absolute Gasteiger partial charge is 0.496 e. The van der Waals surface area contributed by atoms with Crippen LogP contribution in [-0.4, -0.2) is 40.9 Å². The van der Waals surface area contributed by atoms with Gasteiger partial charge in [-0.05, 0) is 30.7 Å². The molecule has 0 atom stereocenters. The second-order valence-corrected chi connectivity index (χ2v) is 5.25. The fraction of sp³-hybridized carbons (Fsp3) is 0.294. The van der Waals surface area contributed by atoms with Gasteiger partial charge in [-0.3, -0.25) is 0 Å². The molecule has 0 radical (unpaired) electrons. The first-order valence-corrected chi connectivity index (χ1v) is 8.09. The van der Waals surface area contributed by atoms with Gasteiger partial charge in [0.05, 0.1) is 19.8 Å². The number of ether oxygens (including phenoxy) is 2. The van der Waals surface area contributed by atoms with Gasteiger partial charge >= 0.3 is 6.01 Å². The second-order valence-electron chi connectivity index (χ2n) is 5.25. The maximum atomic E-state index is 7.34. The highest BCUT2D eigenvalue weighted by atomic mass is 16.5.